The Labute approximate surface area is 158 Å². The summed E-state index contributed by atoms with van der Waals surface area (Å²) in [6.45, 7) is 1.89. The maximum absolute atomic E-state index is 12.8. The fraction of sp³-hybridized carbons (Fsp3) is 0.450. The van der Waals surface area contributed by atoms with Gasteiger partial charge in [-0.1, -0.05) is 18.2 Å². The standard InChI is InChI=1S/C20H25N5O2/c1-24-17(7-11-22-24)19(27)25-12-8-20(9-13-25)14-18(26)21-10-6-15-4-2-3-5-16(15)23-20/h2-5,7,11,23H,6,8-10,12-14H2,1H3,(H,21,26). The molecule has 1 spiro atoms. The lowest BCUT2D eigenvalue weighted by Crippen LogP contribution is -2.52. The van der Waals surface area contributed by atoms with Gasteiger partial charge >= 0.3 is 0 Å². The zero-order chi connectivity index (χ0) is 18.9. The van der Waals surface area contributed by atoms with Crippen molar-refractivity contribution in [1.29, 1.82) is 0 Å². The van der Waals surface area contributed by atoms with Crippen molar-refractivity contribution >= 4 is 17.5 Å². The van der Waals surface area contributed by atoms with E-state index in [-0.39, 0.29) is 17.4 Å². The number of carbonyl (C=O) groups excluding carboxylic acids is 2. The van der Waals surface area contributed by atoms with E-state index in [9.17, 15) is 9.59 Å². The molecule has 0 bridgehead atoms. The molecule has 2 amide bonds. The van der Waals surface area contributed by atoms with Gasteiger partial charge in [0.1, 0.15) is 5.69 Å². The van der Waals surface area contributed by atoms with E-state index in [4.69, 9.17) is 0 Å². The van der Waals surface area contributed by atoms with E-state index in [0.717, 1.165) is 24.9 Å². The Bertz CT molecular complexity index is 852. The highest BCUT2D eigenvalue weighted by Gasteiger charge is 2.39. The molecule has 2 aromatic rings. The molecule has 7 heteroatoms. The number of amides is 2. The highest BCUT2D eigenvalue weighted by atomic mass is 16.2. The second kappa shape index (κ2) is 7.06. The highest BCUT2D eigenvalue weighted by molar-refractivity contribution is 5.92. The molecule has 2 aliphatic heterocycles. The van der Waals surface area contributed by atoms with Crippen LogP contribution in [0, 0.1) is 0 Å². The van der Waals surface area contributed by atoms with Crippen molar-refractivity contribution in [2.75, 3.05) is 25.0 Å². The number of likely N-dealkylation sites (tertiary alicyclic amines) is 1. The van der Waals surface area contributed by atoms with Gasteiger partial charge in [0.2, 0.25) is 5.91 Å². The molecule has 4 rings (SSSR count). The topological polar surface area (TPSA) is 79.3 Å². The first-order valence-corrected chi connectivity index (χ1v) is 9.46. The number of carbonyl (C=O) groups is 2. The molecule has 1 aromatic heterocycles. The molecule has 27 heavy (non-hydrogen) atoms. The number of aromatic nitrogens is 2. The summed E-state index contributed by atoms with van der Waals surface area (Å²) in [7, 11) is 1.78. The molecule has 1 aromatic carbocycles. The van der Waals surface area contributed by atoms with E-state index in [1.54, 1.807) is 24.0 Å². The van der Waals surface area contributed by atoms with Crippen LogP contribution in [0.4, 0.5) is 5.69 Å². The van der Waals surface area contributed by atoms with Gasteiger partial charge in [-0.05, 0) is 37.0 Å². The molecule has 1 fully saturated rings. The Morgan fingerprint density at radius 1 is 1.19 bits per heavy atom. The van der Waals surface area contributed by atoms with Crippen LogP contribution in [0.1, 0.15) is 35.3 Å². The van der Waals surface area contributed by atoms with Crippen molar-refractivity contribution in [3.05, 3.63) is 47.8 Å². The minimum Gasteiger partial charge on any atom is -0.379 e. The first kappa shape index (κ1) is 17.6. The zero-order valence-electron chi connectivity index (χ0n) is 15.6. The number of rotatable bonds is 1. The minimum absolute atomic E-state index is 0.00207. The second-order valence-corrected chi connectivity index (χ2v) is 7.47. The monoisotopic (exact) mass is 367 g/mol. The predicted molar refractivity (Wildman–Crippen MR) is 102 cm³/mol. The third-order valence-corrected chi connectivity index (χ3v) is 5.68. The Morgan fingerprint density at radius 2 is 1.96 bits per heavy atom. The largest absolute Gasteiger partial charge is 0.379 e. The predicted octanol–water partition coefficient (Wildman–Crippen LogP) is 1.57. The molecule has 2 aliphatic rings. The van der Waals surface area contributed by atoms with Gasteiger partial charge in [0.05, 0.1) is 0 Å². The minimum atomic E-state index is -0.326. The summed E-state index contributed by atoms with van der Waals surface area (Å²) in [5.41, 5.74) is 2.58. The zero-order valence-corrected chi connectivity index (χ0v) is 15.6. The summed E-state index contributed by atoms with van der Waals surface area (Å²) >= 11 is 0. The van der Waals surface area contributed by atoms with Gasteiger partial charge in [0.15, 0.2) is 0 Å². The molecule has 7 nitrogen and oxygen atoms in total. The maximum Gasteiger partial charge on any atom is 0.272 e. The molecular weight excluding hydrogens is 342 g/mol. The summed E-state index contributed by atoms with van der Waals surface area (Å²) in [4.78, 5) is 27.0. The lowest BCUT2D eigenvalue weighted by molar-refractivity contribution is -0.122. The van der Waals surface area contributed by atoms with E-state index in [0.29, 0.717) is 31.7 Å². The van der Waals surface area contributed by atoms with Crippen LogP contribution < -0.4 is 10.6 Å². The van der Waals surface area contributed by atoms with Crippen molar-refractivity contribution in [3.8, 4) is 0 Å². The van der Waals surface area contributed by atoms with E-state index in [2.05, 4.69) is 27.9 Å². The third-order valence-electron chi connectivity index (χ3n) is 5.68. The summed E-state index contributed by atoms with van der Waals surface area (Å²) in [5.74, 6) is 0.0690. The number of benzene rings is 1. The number of hydrogen-bond acceptors (Lipinski definition) is 4. The number of fused-ring (bicyclic) bond motifs is 1. The second-order valence-electron chi connectivity index (χ2n) is 7.47. The van der Waals surface area contributed by atoms with Crippen LogP contribution in [0.15, 0.2) is 36.5 Å². The summed E-state index contributed by atoms with van der Waals surface area (Å²) in [6, 6.07) is 9.99. The van der Waals surface area contributed by atoms with Crippen LogP contribution in [0.3, 0.4) is 0 Å². The highest BCUT2D eigenvalue weighted by Crippen LogP contribution is 2.33. The van der Waals surface area contributed by atoms with Gasteiger partial charge in [0, 0.05) is 50.5 Å². The van der Waals surface area contributed by atoms with Crippen molar-refractivity contribution in [1.82, 2.24) is 20.0 Å². The van der Waals surface area contributed by atoms with Crippen LogP contribution in [0.25, 0.3) is 0 Å². The first-order chi connectivity index (χ1) is 13.1. The third kappa shape index (κ3) is 3.54. The molecular formula is C20H25N5O2. The van der Waals surface area contributed by atoms with Gasteiger partial charge in [-0.25, -0.2) is 0 Å². The molecule has 0 radical (unpaired) electrons. The fourth-order valence-corrected chi connectivity index (χ4v) is 4.08. The Morgan fingerprint density at radius 3 is 2.70 bits per heavy atom. The Kier molecular flexibility index (Phi) is 4.59. The quantitative estimate of drug-likeness (QED) is 0.802. The number of anilines is 1. The van der Waals surface area contributed by atoms with E-state index in [1.807, 2.05) is 17.0 Å². The average Bonchev–Trinajstić information content (AvgIpc) is 3.10. The summed E-state index contributed by atoms with van der Waals surface area (Å²) in [5, 5.41) is 10.8. The van der Waals surface area contributed by atoms with E-state index >= 15 is 0 Å². The van der Waals surface area contributed by atoms with Crippen LogP contribution in [-0.2, 0) is 18.3 Å². The van der Waals surface area contributed by atoms with E-state index in [1.165, 1.54) is 5.56 Å². The van der Waals surface area contributed by atoms with E-state index < -0.39 is 0 Å². The molecule has 1 saturated heterocycles. The van der Waals surface area contributed by atoms with Gasteiger partial charge < -0.3 is 15.5 Å². The molecule has 0 aliphatic carbocycles. The number of aryl methyl sites for hydroxylation is 1. The van der Waals surface area contributed by atoms with Crippen molar-refractivity contribution in [3.63, 3.8) is 0 Å². The van der Waals surface area contributed by atoms with Crippen molar-refractivity contribution < 1.29 is 9.59 Å². The van der Waals surface area contributed by atoms with Crippen molar-refractivity contribution in [2.45, 2.75) is 31.2 Å². The van der Waals surface area contributed by atoms with Gasteiger partial charge in [-0.3, -0.25) is 14.3 Å². The van der Waals surface area contributed by atoms with Gasteiger partial charge in [-0.15, -0.1) is 0 Å². The number of para-hydroxylation sites is 1. The molecule has 142 valence electrons. The molecule has 0 saturated carbocycles. The molecule has 0 unspecified atom stereocenters. The smallest absolute Gasteiger partial charge is 0.272 e. The Hall–Kier alpha value is -2.83. The number of piperidine rings is 1. The normalized spacial score (nSPS) is 19.3. The number of nitrogens with zero attached hydrogens (tertiary/aromatic N) is 3. The molecule has 2 N–H and O–H groups in total. The van der Waals surface area contributed by atoms with Gasteiger partial charge in [-0.2, -0.15) is 5.10 Å². The lowest BCUT2D eigenvalue weighted by Gasteiger charge is -2.42. The van der Waals surface area contributed by atoms with Gasteiger partial charge in [0.25, 0.3) is 5.91 Å². The fourth-order valence-electron chi connectivity index (χ4n) is 4.08. The summed E-state index contributed by atoms with van der Waals surface area (Å²) in [6.07, 6.45) is 4.35. The van der Waals surface area contributed by atoms with Crippen LogP contribution in [0.2, 0.25) is 0 Å². The van der Waals surface area contributed by atoms with Crippen LogP contribution in [-0.4, -0.2) is 51.7 Å². The Balaban J connectivity index is 1.53. The lowest BCUT2D eigenvalue weighted by atomic mass is 9.83. The maximum atomic E-state index is 12.8. The van der Waals surface area contributed by atoms with Crippen molar-refractivity contribution in [2.24, 2.45) is 7.05 Å². The van der Waals surface area contributed by atoms with Crippen LogP contribution >= 0.6 is 0 Å². The first-order valence-electron chi connectivity index (χ1n) is 9.46. The molecule has 0 atom stereocenters. The van der Waals surface area contributed by atoms with Crippen LogP contribution in [0.5, 0.6) is 0 Å². The number of nitrogens with one attached hydrogen (secondary N) is 2. The summed E-state index contributed by atoms with van der Waals surface area (Å²) < 4.78 is 1.61. The average molecular weight is 367 g/mol. The SMILES string of the molecule is Cn1nccc1C(=O)N1CCC2(CC1)CC(=O)NCCc1ccccc1N2. The molecule has 3 heterocycles. The number of hydrogen-bond donors (Lipinski definition) is 2.